The molecule has 0 aliphatic carbocycles. The highest BCUT2D eigenvalue weighted by Gasteiger charge is 2.41. The molecule has 0 atom stereocenters. The first-order valence-corrected chi connectivity index (χ1v) is 10.1. The first kappa shape index (κ1) is 18.6. The smallest absolute Gasteiger partial charge is 0.248 e. The van der Waals surface area contributed by atoms with Crippen molar-refractivity contribution in [2.24, 2.45) is 0 Å². The molecule has 8 nitrogen and oxygen atoms in total. The van der Waals surface area contributed by atoms with Crippen LogP contribution in [0, 0.1) is 0 Å². The summed E-state index contributed by atoms with van der Waals surface area (Å²) in [4.78, 5) is 13.0. The van der Waals surface area contributed by atoms with E-state index in [-0.39, 0.29) is 23.9 Å². The lowest BCUT2D eigenvalue weighted by Gasteiger charge is -2.36. The Labute approximate surface area is 153 Å². The molecule has 0 bridgehead atoms. The van der Waals surface area contributed by atoms with Gasteiger partial charge in [-0.25, -0.2) is 13.1 Å². The molecule has 1 amide bonds. The number of sulfonamides is 1. The lowest BCUT2D eigenvalue weighted by atomic mass is 9.87. The monoisotopic (exact) mass is 377 g/mol. The molecule has 2 aromatic rings. The van der Waals surface area contributed by atoms with Gasteiger partial charge in [-0.15, -0.1) is 0 Å². The Morgan fingerprint density at radius 2 is 1.88 bits per heavy atom. The number of nitrogens with one attached hydrogen (secondary N) is 3. The molecule has 1 aromatic carbocycles. The van der Waals surface area contributed by atoms with Crippen molar-refractivity contribution in [3.63, 3.8) is 0 Å². The fraction of sp³-hybridized carbons (Fsp3) is 0.412. The van der Waals surface area contributed by atoms with Gasteiger partial charge in [0, 0.05) is 25.5 Å². The maximum absolute atomic E-state index is 12.8. The molecule has 26 heavy (non-hydrogen) atoms. The van der Waals surface area contributed by atoms with Crippen LogP contribution in [-0.2, 0) is 20.4 Å². The SMILES string of the molecule is O=C(NCCNS(=O)(=O)c1ccccc1)C1(n2cccn2)CCNCC1. The Morgan fingerprint density at radius 3 is 2.54 bits per heavy atom. The van der Waals surface area contributed by atoms with E-state index in [9.17, 15) is 13.2 Å². The van der Waals surface area contributed by atoms with Crippen LogP contribution in [0.3, 0.4) is 0 Å². The van der Waals surface area contributed by atoms with Crippen LogP contribution >= 0.6 is 0 Å². The van der Waals surface area contributed by atoms with Crippen molar-refractivity contribution in [2.75, 3.05) is 26.2 Å². The average Bonchev–Trinajstić information content (AvgIpc) is 3.22. The van der Waals surface area contributed by atoms with Crippen LogP contribution in [0.2, 0.25) is 0 Å². The summed E-state index contributed by atoms with van der Waals surface area (Å²) in [5.74, 6) is -0.137. The van der Waals surface area contributed by atoms with Crippen molar-refractivity contribution in [3.8, 4) is 0 Å². The maximum Gasteiger partial charge on any atom is 0.248 e. The zero-order valence-corrected chi connectivity index (χ0v) is 15.2. The highest BCUT2D eigenvalue weighted by Crippen LogP contribution is 2.27. The van der Waals surface area contributed by atoms with E-state index in [0.29, 0.717) is 12.8 Å². The zero-order chi connectivity index (χ0) is 18.5. The Balaban J connectivity index is 1.58. The maximum atomic E-state index is 12.8. The fourth-order valence-electron chi connectivity index (χ4n) is 3.13. The molecular weight excluding hydrogens is 354 g/mol. The van der Waals surface area contributed by atoms with Crippen molar-refractivity contribution in [1.82, 2.24) is 25.1 Å². The number of hydrogen-bond donors (Lipinski definition) is 3. The number of hydrogen-bond acceptors (Lipinski definition) is 5. The largest absolute Gasteiger partial charge is 0.353 e. The number of rotatable bonds is 7. The third kappa shape index (κ3) is 3.95. The van der Waals surface area contributed by atoms with Crippen LogP contribution in [0.5, 0.6) is 0 Å². The van der Waals surface area contributed by atoms with Crippen molar-refractivity contribution >= 4 is 15.9 Å². The quantitative estimate of drug-likeness (QED) is 0.592. The lowest BCUT2D eigenvalue weighted by molar-refractivity contribution is -0.131. The number of nitrogens with zero attached hydrogens (tertiary/aromatic N) is 2. The second-order valence-electron chi connectivity index (χ2n) is 6.20. The topological polar surface area (TPSA) is 105 Å². The highest BCUT2D eigenvalue weighted by molar-refractivity contribution is 7.89. The van der Waals surface area contributed by atoms with E-state index in [2.05, 4.69) is 20.5 Å². The number of carbonyl (C=O) groups excluding carboxylic acids is 1. The van der Waals surface area contributed by atoms with E-state index in [4.69, 9.17) is 0 Å². The third-order valence-electron chi connectivity index (χ3n) is 4.55. The van der Waals surface area contributed by atoms with E-state index in [1.807, 2.05) is 0 Å². The van der Waals surface area contributed by atoms with Crippen LogP contribution in [0.25, 0.3) is 0 Å². The van der Waals surface area contributed by atoms with Crippen molar-refractivity contribution in [2.45, 2.75) is 23.3 Å². The van der Waals surface area contributed by atoms with Gasteiger partial charge in [-0.05, 0) is 44.1 Å². The van der Waals surface area contributed by atoms with Gasteiger partial charge in [0.25, 0.3) is 0 Å². The molecule has 0 spiro atoms. The van der Waals surface area contributed by atoms with Gasteiger partial charge < -0.3 is 10.6 Å². The van der Waals surface area contributed by atoms with Crippen LogP contribution in [0.1, 0.15) is 12.8 Å². The standard InChI is InChI=1S/C17H23N5O3S/c23-16(17(7-10-18-11-8-17)22-14-4-9-20-22)19-12-13-21-26(24,25)15-5-2-1-3-6-15/h1-6,9,14,18,21H,7-8,10-13H2,(H,19,23). The molecule has 1 aromatic heterocycles. The number of carbonyl (C=O) groups is 1. The van der Waals surface area contributed by atoms with E-state index in [1.165, 1.54) is 12.1 Å². The molecule has 0 saturated carbocycles. The zero-order valence-electron chi connectivity index (χ0n) is 14.4. The summed E-state index contributed by atoms with van der Waals surface area (Å²) >= 11 is 0. The lowest BCUT2D eigenvalue weighted by Crippen LogP contribution is -2.55. The molecule has 9 heteroatoms. The van der Waals surface area contributed by atoms with Crippen molar-refractivity contribution < 1.29 is 13.2 Å². The number of piperidine rings is 1. The normalized spacial score (nSPS) is 16.9. The minimum absolute atomic E-state index is 0.121. The van der Waals surface area contributed by atoms with Gasteiger partial charge in [-0.1, -0.05) is 18.2 Å². The predicted octanol–water partition coefficient (Wildman–Crippen LogP) is 0.0565. The van der Waals surface area contributed by atoms with Crippen LogP contribution in [0.4, 0.5) is 0 Å². The number of benzene rings is 1. The van der Waals surface area contributed by atoms with E-state index < -0.39 is 15.6 Å². The number of amides is 1. The third-order valence-corrected chi connectivity index (χ3v) is 6.03. The fourth-order valence-corrected chi connectivity index (χ4v) is 4.18. The first-order valence-electron chi connectivity index (χ1n) is 8.58. The van der Waals surface area contributed by atoms with E-state index in [0.717, 1.165) is 13.1 Å². The van der Waals surface area contributed by atoms with Gasteiger partial charge in [0.05, 0.1) is 4.90 Å². The molecule has 140 valence electrons. The first-order chi connectivity index (χ1) is 12.5. The van der Waals surface area contributed by atoms with Gasteiger partial charge in [0.2, 0.25) is 15.9 Å². The molecule has 0 unspecified atom stereocenters. The molecule has 1 aliphatic heterocycles. The Kier molecular flexibility index (Phi) is 5.70. The Bertz CT molecular complexity index is 815. The molecule has 0 radical (unpaired) electrons. The summed E-state index contributed by atoms with van der Waals surface area (Å²) < 4.78 is 28.6. The Hall–Kier alpha value is -2.23. The summed E-state index contributed by atoms with van der Waals surface area (Å²) in [6.07, 6.45) is 4.72. The van der Waals surface area contributed by atoms with E-state index in [1.54, 1.807) is 41.3 Å². The second-order valence-corrected chi connectivity index (χ2v) is 7.97. The summed E-state index contributed by atoms with van der Waals surface area (Å²) in [7, 11) is -3.57. The van der Waals surface area contributed by atoms with Crippen LogP contribution in [-0.4, -0.2) is 50.3 Å². The van der Waals surface area contributed by atoms with Crippen LogP contribution < -0.4 is 15.4 Å². The summed E-state index contributed by atoms with van der Waals surface area (Å²) in [5, 5.41) is 10.4. The molecule has 2 heterocycles. The van der Waals surface area contributed by atoms with Gasteiger partial charge in [-0.2, -0.15) is 5.10 Å². The van der Waals surface area contributed by atoms with Gasteiger partial charge >= 0.3 is 0 Å². The highest BCUT2D eigenvalue weighted by atomic mass is 32.2. The average molecular weight is 377 g/mol. The van der Waals surface area contributed by atoms with Gasteiger partial charge in [0.1, 0.15) is 5.54 Å². The second kappa shape index (κ2) is 7.98. The van der Waals surface area contributed by atoms with Crippen molar-refractivity contribution in [1.29, 1.82) is 0 Å². The molecule has 1 saturated heterocycles. The number of aromatic nitrogens is 2. The van der Waals surface area contributed by atoms with Crippen LogP contribution in [0.15, 0.2) is 53.7 Å². The summed E-state index contributed by atoms with van der Waals surface area (Å²) in [5.41, 5.74) is -0.729. The Morgan fingerprint density at radius 1 is 1.15 bits per heavy atom. The van der Waals surface area contributed by atoms with Gasteiger partial charge in [-0.3, -0.25) is 9.48 Å². The van der Waals surface area contributed by atoms with Gasteiger partial charge in [0.15, 0.2) is 0 Å². The molecule has 1 fully saturated rings. The molecule has 3 rings (SSSR count). The minimum atomic E-state index is -3.57. The minimum Gasteiger partial charge on any atom is -0.353 e. The molecule has 1 aliphatic rings. The van der Waals surface area contributed by atoms with Crippen molar-refractivity contribution in [3.05, 3.63) is 48.8 Å². The predicted molar refractivity (Wildman–Crippen MR) is 96.9 cm³/mol. The summed E-state index contributed by atoms with van der Waals surface area (Å²) in [6.45, 7) is 1.79. The summed E-state index contributed by atoms with van der Waals surface area (Å²) in [6, 6.07) is 9.95. The molecular formula is C17H23N5O3S. The van der Waals surface area contributed by atoms with E-state index >= 15 is 0 Å². The molecule has 3 N–H and O–H groups in total.